The Morgan fingerprint density at radius 1 is 1.22 bits per heavy atom. The molecule has 0 aliphatic carbocycles. The minimum absolute atomic E-state index is 0.0955. The number of benzene rings is 1. The average molecular weight is 256 g/mol. The van der Waals surface area contributed by atoms with Gasteiger partial charge in [0.15, 0.2) is 5.78 Å². The Bertz CT molecular complexity index is 487. The number of alkyl halides is 3. The lowest BCUT2D eigenvalue weighted by atomic mass is 10.1. The van der Waals surface area contributed by atoms with E-state index in [0.717, 1.165) is 18.2 Å². The fraction of sp³-hybridized carbons (Fsp3) is 0.231. The molecule has 1 aromatic carbocycles. The van der Waals surface area contributed by atoms with Crippen molar-refractivity contribution in [2.45, 2.75) is 19.5 Å². The van der Waals surface area contributed by atoms with Crippen LogP contribution in [-0.2, 0) is 15.8 Å². The lowest BCUT2D eigenvalue weighted by Crippen LogP contribution is -2.07. The Balaban J connectivity index is 2.95. The maximum absolute atomic E-state index is 12.6. The van der Waals surface area contributed by atoms with Crippen LogP contribution >= 0.6 is 0 Å². The highest BCUT2D eigenvalue weighted by Gasteiger charge is 2.32. The Kier molecular flexibility index (Phi) is 4.42. The van der Waals surface area contributed by atoms with E-state index in [9.17, 15) is 22.8 Å². The molecule has 0 atom stereocenters. The van der Waals surface area contributed by atoms with Crippen molar-refractivity contribution < 1.29 is 22.8 Å². The summed E-state index contributed by atoms with van der Waals surface area (Å²) < 4.78 is 37.8. The molecule has 5 heteroatoms. The number of carbonyl (C=O) groups is 2. The Morgan fingerprint density at radius 3 is 2.39 bits per heavy atom. The molecule has 0 aliphatic heterocycles. The molecule has 1 aromatic rings. The van der Waals surface area contributed by atoms with E-state index in [-0.39, 0.29) is 17.8 Å². The maximum atomic E-state index is 12.6. The first-order chi connectivity index (χ1) is 8.30. The van der Waals surface area contributed by atoms with E-state index in [2.05, 4.69) is 0 Å². The first kappa shape index (κ1) is 14.2. The van der Waals surface area contributed by atoms with Crippen LogP contribution in [0.15, 0.2) is 30.3 Å². The third-order valence-corrected chi connectivity index (χ3v) is 2.14. The first-order valence-electron chi connectivity index (χ1n) is 5.17. The van der Waals surface area contributed by atoms with Crippen LogP contribution in [0.1, 0.15) is 24.5 Å². The second-order valence-corrected chi connectivity index (χ2v) is 3.76. The standard InChI is InChI=1S/C13H11F3O2/c1-9(17)8-11(18)7-6-10-4-2-3-5-12(10)13(14,15)16/h2-7H,8H2,1H3/b7-6-. The maximum Gasteiger partial charge on any atom is 0.416 e. The molecule has 0 unspecified atom stereocenters. The fourth-order valence-electron chi connectivity index (χ4n) is 1.39. The summed E-state index contributed by atoms with van der Waals surface area (Å²) in [5.74, 6) is -0.840. The van der Waals surface area contributed by atoms with Crippen molar-refractivity contribution in [1.82, 2.24) is 0 Å². The van der Waals surface area contributed by atoms with E-state index in [1.54, 1.807) is 0 Å². The molecule has 0 heterocycles. The zero-order chi connectivity index (χ0) is 13.8. The second-order valence-electron chi connectivity index (χ2n) is 3.76. The van der Waals surface area contributed by atoms with Gasteiger partial charge in [-0.05, 0) is 24.6 Å². The van der Waals surface area contributed by atoms with Crippen LogP contribution in [0.25, 0.3) is 6.08 Å². The lowest BCUT2D eigenvalue weighted by Gasteiger charge is -2.09. The first-order valence-corrected chi connectivity index (χ1v) is 5.17. The number of hydrogen-bond donors (Lipinski definition) is 0. The topological polar surface area (TPSA) is 34.1 Å². The summed E-state index contributed by atoms with van der Waals surface area (Å²) in [5.41, 5.74) is -0.904. The molecule has 0 amide bonds. The number of rotatable bonds is 4. The van der Waals surface area contributed by atoms with Crippen molar-refractivity contribution in [2.75, 3.05) is 0 Å². The number of hydrogen-bond acceptors (Lipinski definition) is 2. The van der Waals surface area contributed by atoms with E-state index in [0.29, 0.717) is 0 Å². The van der Waals surface area contributed by atoms with E-state index >= 15 is 0 Å². The number of carbonyl (C=O) groups excluding carboxylic acids is 2. The predicted molar refractivity (Wildman–Crippen MR) is 60.8 cm³/mol. The fourth-order valence-corrected chi connectivity index (χ4v) is 1.39. The summed E-state index contributed by atoms with van der Waals surface area (Å²) in [7, 11) is 0. The highest BCUT2D eigenvalue weighted by atomic mass is 19.4. The summed E-state index contributed by atoms with van der Waals surface area (Å²) in [6.45, 7) is 1.25. The molecule has 0 bridgehead atoms. The van der Waals surface area contributed by atoms with Crippen LogP contribution in [0, 0.1) is 0 Å². The zero-order valence-electron chi connectivity index (χ0n) is 9.62. The largest absolute Gasteiger partial charge is 0.416 e. The predicted octanol–water partition coefficient (Wildman–Crippen LogP) is 3.27. The third-order valence-electron chi connectivity index (χ3n) is 2.14. The highest BCUT2D eigenvalue weighted by molar-refractivity contribution is 6.05. The van der Waals surface area contributed by atoms with Crippen molar-refractivity contribution in [3.05, 3.63) is 41.5 Å². The molecule has 0 spiro atoms. The van der Waals surface area contributed by atoms with Crippen LogP contribution in [0.2, 0.25) is 0 Å². The molecule has 0 saturated carbocycles. The van der Waals surface area contributed by atoms with Gasteiger partial charge in [0, 0.05) is 0 Å². The second kappa shape index (κ2) is 5.62. The van der Waals surface area contributed by atoms with Gasteiger partial charge in [0.1, 0.15) is 5.78 Å². The van der Waals surface area contributed by atoms with Gasteiger partial charge in [0.2, 0.25) is 0 Å². The van der Waals surface area contributed by atoms with Gasteiger partial charge in [0.25, 0.3) is 0 Å². The zero-order valence-corrected chi connectivity index (χ0v) is 9.62. The van der Waals surface area contributed by atoms with Gasteiger partial charge in [-0.25, -0.2) is 0 Å². The van der Waals surface area contributed by atoms with Crippen molar-refractivity contribution in [2.24, 2.45) is 0 Å². The average Bonchev–Trinajstić information content (AvgIpc) is 2.24. The summed E-state index contributed by atoms with van der Waals surface area (Å²) >= 11 is 0. The number of halogens is 3. The van der Waals surface area contributed by atoms with E-state index in [1.807, 2.05) is 0 Å². The normalized spacial score (nSPS) is 11.8. The monoisotopic (exact) mass is 256 g/mol. The molecular weight excluding hydrogens is 245 g/mol. The molecule has 18 heavy (non-hydrogen) atoms. The Labute approximate surface area is 102 Å². The van der Waals surface area contributed by atoms with Crippen molar-refractivity contribution in [3.8, 4) is 0 Å². The van der Waals surface area contributed by atoms with Crippen molar-refractivity contribution >= 4 is 17.6 Å². The van der Waals surface area contributed by atoms with Gasteiger partial charge in [-0.15, -0.1) is 0 Å². The van der Waals surface area contributed by atoms with Gasteiger partial charge in [-0.2, -0.15) is 13.2 Å². The quantitative estimate of drug-likeness (QED) is 0.612. The van der Waals surface area contributed by atoms with Gasteiger partial charge in [0.05, 0.1) is 12.0 Å². The minimum Gasteiger partial charge on any atom is -0.300 e. The Morgan fingerprint density at radius 2 is 1.83 bits per heavy atom. The molecule has 0 fully saturated rings. The van der Waals surface area contributed by atoms with E-state index in [1.165, 1.54) is 25.1 Å². The SMILES string of the molecule is CC(=O)CC(=O)/C=C\c1ccccc1C(F)(F)F. The van der Waals surface area contributed by atoms with Crippen LogP contribution in [0.4, 0.5) is 13.2 Å². The molecule has 0 aliphatic rings. The highest BCUT2D eigenvalue weighted by Crippen LogP contribution is 2.32. The molecular formula is C13H11F3O2. The van der Waals surface area contributed by atoms with Crippen LogP contribution in [0.3, 0.4) is 0 Å². The number of allylic oxidation sites excluding steroid dienone is 1. The van der Waals surface area contributed by atoms with Crippen LogP contribution in [0.5, 0.6) is 0 Å². The minimum atomic E-state index is -4.47. The van der Waals surface area contributed by atoms with E-state index in [4.69, 9.17) is 0 Å². The molecule has 0 N–H and O–H groups in total. The summed E-state index contributed by atoms with van der Waals surface area (Å²) in [4.78, 5) is 21.9. The van der Waals surface area contributed by atoms with E-state index < -0.39 is 17.5 Å². The molecule has 2 nitrogen and oxygen atoms in total. The molecule has 0 radical (unpaired) electrons. The van der Waals surface area contributed by atoms with Gasteiger partial charge in [-0.1, -0.05) is 24.3 Å². The Hall–Kier alpha value is -1.91. The summed E-state index contributed by atoms with van der Waals surface area (Å²) in [5, 5.41) is 0. The third kappa shape index (κ3) is 4.16. The summed E-state index contributed by atoms with van der Waals surface area (Å²) in [6.07, 6.45) is -2.70. The number of Topliss-reactive ketones (excluding diaryl/α,β-unsaturated/α-hetero) is 1. The molecule has 96 valence electrons. The lowest BCUT2D eigenvalue weighted by molar-refractivity contribution is -0.137. The summed E-state index contributed by atoms with van der Waals surface area (Å²) in [6, 6.07) is 4.93. The van der Waals surface area contributed by atoms with Crippen molar-refractivity contribution in [1.29, 1.82) is 0 Å². The van der Waals surface area contributed by atoms with Gasteiger partial charge < -0.3 is 0 Å². The smallest absolute Gasteiger partial charge is 0.300 e. The van der Waals surface area contributed by atoms with Gasteiger partial charge in [-0.3, -0.25) is 9.59 Å². The van der Waals surface area contributed by atoms with Gasteiger partial charge >= 0.3 is 6.18 Å². The molecule has 0 saturated heterocycles. The van der Waals surface area contributed by atoms with Crippen LogP contribution in [-0.4, -0.2) is 11.6 Å². The molecule has 1 rings (SSSR count). The number of ketones is 2. The molecule has 0 aromatic heterocycles. The van der Waals surface area contributed by atoms with Crippen LogP contribution < -0.4 is 0 Å². The van der Waals surface area contributed by atoms with Crippen molar-refractivity contribution in [3.63, 3.8) is 0 Å².